The number of nitrogens with zero attached hydrogens (tertiary/aromatic N) is 2. The van der Waals surface area contributed by atoms with Crippen LogP contribution >= 0.6 is 0 Å². The van der Waals surface area contributed by atoms with Gasteiger partial charge in [-0.3, -0.25) is 9.59 Å². The van der Waals surface area contributed by atoms with Gasteiger partial charge < -0.3 is 5.32 Å². The highest BCUT2D eigenvalue weighted by molar-refractivity contribution is 5.92. The summed E-state index contributed by atoms with van der Waals surface area (Å²) in [6.45, 7) is 3.44. The molecule has 162 valence electrons. The number of carbonyl (C=O) groups excluding carboxylic acids is 1. The van der Waals surface area contributed by atoms with Crippen LogP contribution in [-0.4, -0.2) is 22.2 Å². The van der Waals surface area contributed by atoms with Crippen LogP contribution in [0, 0.1) is 5.82 Å². The number of hydrogen-bond acceptors (Lipinski definition) is 3. The summed E-state index contributed by atoms with van der Waals surface area (Å²) >= 11 is 0. The highest BCUT2D eigenvalue weighted by atomic mass is 19.4. The average molecular weight is 433 g/mol. The molecule has 0 saturated carbocycles. The topological polar surface area (TPSA) is 64.0 Å². The second kappa shape index (κ2) is 8.33. The molecule has 0 fully saturated rings. The molecule has 0 spiro atoms. The normalized spacial score (nSPS) is 11.9. The van der Waals surface area contributed by atoms with Crippen LogP contribution in [-0.2, 0) is 11.6 Å². The molecule has 3 aromatic rings. The van der Waals surface area contributed by atoms with Crippen molar-refractivity contribution in [2.45, 2.75) is 25.4 Å². The van der Waals surface area contributed by atoms with Crippen molar-refractivity contribution in [3.05, 3.63) is 93.7 Å². The first-order valence-electron chi connectivity index (χ1n) is 9.30. The number of rotatable bonds is 5. The molecule has 9 heteroatoms. The van der Waals surface area contributed by atoms with E-state index in [1.54, 1.807) is 19.9 Å². The van der Waals surface area contributed by atoms with E-state index in [9.17, 15) is 27.2 Å². The largest absolute Gasteiger partial charge is 0.416 e. The van der Waals surface area contributed by atoms with Crippen molar-refractivity contribution in [3.63, 3.8) is 0 Å². The van der Waals surface area contributed by atoms with Crippen LogP contribution in [0.5, 0.6) is 0 Å². The van der Waals surface area contributed by atoms with E-state index < -0.39 is 34.4 Å². The van der Waals surface area contributed by atoms with Gasteiger partial charge in [-0.2, -0.15) is 23.0 Å². The zero-order chi connectivity index (χ0) is 22.8. The Morgan fingerprint density at radius 3 is 2.29 bits per heavy atom. The van der Waals surface area contributed by atoms with E-state index in [-0.39, 0.29) is 17.9 Å². The Kier molecular flexibility index (Phi) is 5.97. The van der Waals surface area contributed by atoms with E-state index in [0.717, 1.165) is 35.0 Å². The molecule has 3 rings (SSSR count). The molecule has 0 radical (unpaired) electrons. The molecule has 1 amide bonds. The summed E-state index contributed by atoms with van der Waals surface area (Å²) in [5.74, 6) is -1.08. The lowest BCUT2D eigenvalue weighted by Gasteiger charge is -2.26. The minimum absolute atomic E-state index is 0.0322. The van der Waals surface area contributed by atoms with Gasteiger partial charge in [-0.15, -0.1) is 0 Å². The Bertz CT molecular complexity index is 1150. The molecule has 1 N–H and O–H groups in total. The summed E-state index contributed by atoms with van der Waals surface area (Å²) < 4.78 is 53.1. The van der Waals surface area contributed by atoms with Crippen molar-refractivity contribution < 1.29 is 22.4 Å². The SMILES string of the molecule is CC(C)(CNC(=O)c1ccc(=O)n(-c2ccc(F)cc2)n1)c1cccc(C(F)(F)F)c1. The second-order valence-electron chi connectivity index (χ2n) is 7.59. The molecule has 5 nitrogen and oxygen atoms in total. The van der Waals surface area contributed by atoms with Gasteiger partial charge in [0.15, 0.2) is 0 Å². The van der Waals surface area contributed by atoms with Crippen LogP contribution in [0.4, 0.5) is 17.6 Å². The Hall–Kier alpha value is -3.49. The molecule has 0 bridgehead atoms. The maximum absolute atomic E-state index is 13.1. The van der Waals surface area contributed by atoms with Crippen LogP contribution in [0.2, 0.25) is 0 Å². The maximum atomic E-state index is 13.1. The molecule has 31 heavy (non-hydrogen) atoms. The van der Waals surface area contributed by atoms with E-state index in [1.807, 2.05) is 0 Å². The van der Waals surface area contributed by atoms with Gasteiger partial charge in [-0.1, -0.05) is 32.0 Å². The second-order valence-corrected chi connectivity index (χ2v) is 7.59. The first kappa shape index (κ1) is 22.2. The van der Waals surface area contributed by atoms with E-state index in [2.05, 4.69) is 10.4 Å². The molecule has 1 heterocycles. The van der Waals surface area contributed by atoms with Gasteiger partial charge in [-0.25, -0.2) is 4.39 Å². The van der Waals surface area contributed by atoms with E-state index in [1.165, 1.54) is 24.3 Å². The zero-order valence-electron chi connectivity index (χ0n) is 16.7. The molecule has 0 atom stereocenters. The Morgan fingerprint density at radius 2 is 1.65 bits per heavy atom. The first-order valence-corrected chi connectivity index (χ1v) is 9.30. The Morgan fingerprint density at radius 1 is 1.00 bits per heavy atom. The van der Waals surface area contributed by atoms with Gasteiger partial charge in [0, 0.05) is 18.0 Å². The number of halogens is 4. The van der Waals surface area contributed by atoms with Crippen molar-refractivity contribution in [1.82, 2.24) is 15.1 Å². The standard InChI is InChI=1S/C22H19F4N3O2/c1-21(2,14-4-3-5-15(12-14)22(24,25)26)13-27-20(31)18-10-11-19(30)29(28-18)17-8-6-16(23)7-9-17/h3-12H,13H2,1-2H3,(H,27,31). The summed E-state index contributed by atoms with van der Waals surface area (Å²) in [5, 5.41) is 6.66. The number of carbonyl (C=O) groups is 1. The average Bonchev–Trinajstić information content (AvgIpc) is 2.73. The van der Waals surface area contributed by atoms with Crippen LogP contribution in [0.25, 0.3) is 5.69 Å². The minimum atomic E-state index is -4.46. The van der Waals surface area contributed by atoms with Crippen molar-refractivity contribution in [3.8, 4) is 5.69 Å². The fraction of sp³-hybridized carbons (Fsp3) is 0.227. The number of aromatic nitrogens is 2. The van der Waals surface area contributed by atoms with Crippen LogP contribution < -0.4 is 10.9 Å². The third kappa shape index (κ3) is 5.17. The number of amides is 1. The molecule has 2 aromatic carbocycles. The van der Waals surface area contributed by atoms with E-state index in [4.69, 9.17) is 0 Å². The van der Waals surface area contributed by atoms with Gasteiger partial charge in [0.1, 0.15) is 11.5 Å². The number of hydrogen-bond donors (Lipinski definition) is 1. The van der Waals surface area contributed by atoms with Crippen LogP contribution in [0.3, 0.4) is 0 Å². The van der Waals surface area contributed by atoms with E-state index in [0.29, 0.717) is 5.56 Å². The maximum Gasteiger partial charge on any atom is 0.416 e. The summed E-state index contributed by atoms with van der Waals surface area (Å²) in [6, 6.07) is 12.3. The van der Waals surface area contributed by atoms with Gasteiger partial charge in [-0.05, 0) is 42.0 Å². The molecule has 0 aliphatic rings. The summed E-state index contributed by atoms with van der Waals surface area (Å²) in [4.78, 5) is 24.6. The van der Waals surface area contributed by atoms with Gasteiger partial charge in [0.25, 0.3) is 11.5 Å². The fourth-order valence-corrected chi connectivity index (χ4v) is 2.91. The lowest BCUT2D eigenvalue weighted by atomic mass is 9.83. The van der Waals surface area contributed by atoms with Crippen molar-refractivity contribution in [2.75, 3.05) is 6.54 Å². The molecular formula is C22H19F4N3O2. The van der Waals surface area contributed by atoms with Gasteiger partial charge in [0.05, 0.1) is 11.3 Å². The van der Waals surface area contributed by atoms with Gasteiger partial charge in [0.2, 0.25) is 0 Å². The van der Waals surface area contributed by atoms with Crippen molar-refractivity contribution in [1.29, 1.82) is 0 Å². The predicted octanol–water partition coefficient (Wildman–Crippen LogP) is 4.10. The smallest absolute Gasteiger partial charge is 0.350 e. The number of alkyl halides is 3. The molecular weight excluding hydrogens is 414 g/mol. The van der Waals surface area contributed by atoms with Gasteiger partial charge >= 0.3 is 6.18 Å². The van der Waals surface area contributed by atoms with E-state index >= 15 is 0 Å². The van der Waals surface area contributed by atoms with Crippen molar-refractivity contribution in [2.24, 2.45) is 0 Å². The van der Waals surface area contributed by atoms with Crippen molar-refractivity contribution >= 4 is 5.91 Å². The zero-order valence-corrected chi connectivity index (χ0v) is 16.7. The molecule has 0 aliphatic heterocycles. The molecule has 0 aliphatic carbocycles. The fourth-order valence-electron chi connectivity index (χ4n) is 2.91. The Balaban J connectivity index is 1.78. The highest BCUT2D eigenvalue weighted by Gasteiger charge is 2.32. The van der Waals surface area contributed by atoms with Crippen LogP contribution in [0.1, 0.15) is 35.5 Å². The number of benzene rings is 2. The number of nitrogens with one attached hydrogen (secondary N) is 1. The summed E-state index contributed by atoms with van der Waals surface area (Å²) in [5.41, 5.74) is -1.45. The Labute approximate surface area is 175 Å². The molecule has 1 aromatic heterocycles. The lowest BCUT2D eigenvalue weighted by molar-refractivity contribution is -0.137. The lowest BCUT2D eigenvalue weighted by Crippen LogP contribution is -2.38. The summed E-state index contributed by atoms with van der Waals surface area (Å²) in [6.07, 6.45) is -4.46. The predicted molar refractivity (Wildman–Crippen MR) is 107 cm³/mol. The first-order chi connectivity index (χ1) is 14.5. The molecule has 0 saturated heterocycles. The summed E-state index contributed by atoms with van der Waals surface area (Å²) in [7, 11) is 0. The third-order valence-corrected chi connectivity index (χ3v) is 4.77. The minimum Gasteiger partial charge on any atom is -0.350 e. The molecule has 0 unspecified atom stereocenters. The highest BCUT2D eigenvalue weighted by Crippen LogP contribution is 2.32. The van der Waals surface area contributed by atoms with Crippen LogP contribution in [0.15, 0.2) is 65.5 Å². The third-order valence-electron chi connectivity index (χ3n) is 4.77. The monoisotopic (exact) mass is 433 g/mol. The quantitative estimate of drug-likeness (QED) is 0.617.